The SMILES string of the molecule is Nc1ccc(S(=O)(=O)CC[n+]2cccc(C(=O)[O-])c2)cc1SOOO. The van der Waals surface area contributed by atoms with Gasteiger partial charge in [-0.3, -0.25) is 0 Å². The Hall–Kier alpha value is -2.18. The fourth-order valence-corrected chi connectivity index (χ4v) is 3.73. The second kappa shape index (κ2) is 8.27. The number of carboxylic acid groups (broad SMARTS) is 1. The minimum Gasteiger partial charge on any atom is -0.545 e. The van der Waals surface area contributed by atoms with Crippen LogP contribution in [0.25, 0.3) is 0 Å². The molecule has 0 atom stereocenters. The number of nitrogen functional groups attached to an aromatic ring is 1. The van der Waals surface area contributed by atoms with Gasteiger partial charge >= 0.3 is 0 Å². The maximum absolute atomic E-state index is 12.4. The van der Waals surface area contributed by atoms with Crippen molar-refractivity contribution in [1.29, 1.82) is 0 Å². The van der Waals surface area contributed by atoms with E-state index in [1.807, 2.05) is 0 Å². The molecule has 2 aromatic rings. The molecular weight excluding hydrogens is 372 g/mol. The summed E-state index contributed by atoms with van der Waals surface area (Å²) in [6.45, 7) is 0.0482. The van der Waals surface area contributed by atoms with E-state index in [-0.39, 0.29) is 33.3 Å². The van der Waals surface area contributed by atoms with E-state index in [1.165, 1.54) is 41.1 Å². The molecule has 3 N–H and O–H groups in total. The Morgan fingerprint density at radius 3 is 2.80 bits per heavy atom. The summed E-state index contributed by atoms with van der Waals surface area (Å²) in [6, 6.07) is 6.86. The van der Waals surface area contributed by atoms with Crippen LogP contribution in [0.3, 0.4) is 0 Å². The first-order valence-electron chi connectivity index (χ1n) is 6.81. The van der Waals surface area contributed by atoms with Gasteiger partial charge < -0.3 is 15.6 Å². The number of aryl methyl sites for hydroxylation is 1. The van der Waals surface area contributed by atoms with Crippen LogP contribution >= 0.6 is 12.0 Å². The van der Waals surface area contributed by atoms with Gasteiger partial charge in [0, 0.05) is 11.8 Å². The van der Waals surface area contributed by atoms with E-state index in [0.717, 1.165) is 0 Å². The van der Waals surface area contributed by atoms with Crippen molar-refractivity contribution in [1.82, 2.24) is 0 Å². The molecule has 1 heterocycles. The van der Waals surface area contributed by atoms with Crippen molar-refractivity contribution in [2.24, 2.45) is 0 Å². The fraction of sp³-hybridized carbons (Fsp3) is 0.143. The van der Waals surface area contributed by atoms with Crippen LogP contribution in [0.2, 0.25) is 0 Å². The Kier molecular flexibility index (Phi) is 6.33. The number of hydrogen-bond donors (Lipinski definition) is 2. The number of pyridine rings is 1. The van der Waals surface area contributed by atoms with Crippen molar-refractivity contribution in [3.8, 4) is 0 Å². The standard InChI is InChI=1S/C14H14N2O7S2/c15-12-4-3-11(8-13(12)24-23-22-19)25(20,21)7-6-16-5-1-2-10(9-16)14(17)18/h1-5,8-9H,6-7,15H2,(H-,17,18,19). The number of aromatic carboxylic acids is 1. The third-order valence-corrected chi connectivity index (χ3v) is 5.56. The lowest BCUT2D eigenvalue weighted by molar-refractivity contribution is -0.692. The predicted octanol–water partition coefficient (Wildman–Crippen LogP) is -0.178. The van der Waals surface area contributed by atoms with Gasteiger partial charge in [-0.2, -0.15) is 0 Å². The highest BCUT2D eigenvalue weighted by Gasteiger charge is 2.19. The molecule has 0 spiro atoms. The summed E-state index contributed by atoms with van der Waals surface area (Å²) in [6.07, 6.45) is 2.85. The van der Waals surface area contributed by atoms with Crippen molar-refractivity contribution < 1.29 is 37.5 Å². The number of carbonyl (C=O) groups excluding carboxylic acids is 1. The molecule has 2 rings (SSSR count). The first-order valence-corrected chi connectivity index (χ1v) is 9.20. The maximum atomic E-state index is 12.4. The summed E-state index contributed by atoms with van der Waals surface area (Å²) >= 11 is 0.558. The molecule has 1 aromatic carbocycles. The smallest absolute Gasteiger partial charge is 0.184 e. The third kappa shape index (κ3) is 5.14. The Bertz CT molecular complexity index is 871. The van der Waals surface area contributed by atoms with E-state index in [2.05, 4.69) is 9.37 Å². The summed E-state index contributed by atoms with van der Waals surface area (Å²) in [5.74, 6) is -1.61. The first kappa shape index (κ1) is 19.1. The summed E-state index contributed by atoms with van der Waals surface area (Å²) in [5.41, 5.74) is 5.88. The molecule has 0 fully saturated rings. The highest BCUT2D eigenvalue weighted by atomic mass is 32.2. The molecule has 0 saturated carbocycles. The molecule has 134 valence electrons. The molecule has 0 saturated heterocycles. The molecule has 0 radical (unpaired) electrons. The van der Waals surface area contributed by atoms with Gasteiger partial charge in [0.2, 0.25) is 0 Å². The van der Waals surface area contributed by atoms with E-state index in [0.29, 0.717) is 12.0 Å². The Labute approximate surface area is 147 Å². The topological polar surface area (TPSA) is 143 Å². The highest BCUT2D eigenvalue weighted by Crippen LogP contribution is 2.28. The quantitative estimate of drug-likeness (QED) is 0.208. The Morgan fingerprint density at radius 1 is 1.36 bits per heavy atom. The number of anilines is 1. The lowest BCUT2D eigenvalue weighted by Gasteiger charge is -2.07. The van der Waals surface area contributed by atoms with Crippen LogP contribution in [0, 0.1) is 0 Å². The number of nitrogens with two attached hydrogens (primary N) is 1. The largest absolute Gasteiger partial charge is 0.545 e. The van der Waals surface area contributed by atoms with Crippen molar-refractivity contribution in [3.63, 3.8) is 0 Å². The summed E-state index contributed by atoms with van der Waals surface area (Å²) in [7, 11) is -3.67. The van der Waals surface area contributed by atoms with Crippen LogP contribution in [0.4, 0.5) is 5.69 Å². The average Bonchev–Trinajstić information content (AvgIpc) is 2.59. The molecule has 0 bridgehead atoms. The molecule has 0 aliphatic heterocycles. The van der Waals surface area contributed by atoms with E-state index in [4.69, 9.17) is 11.0 Å². The van der Waals surface area contributed by atoms with Gasteiger partial charge in [-0.05, 0) is 24.3 Å². The zero-order valence-corrected chi connectivity index (χ0v) is 14.3. The number of carbonyl (C=O) groups is 1. The van der Waals surface area contributed by atoms with Crippen molar-refractivity contribution in [2.45, 2.75) is 16.3 Å². The van der Waals surface area contributed by atoms with Crippen LogP contribution in [0.15, 0.2) is 52.5 Å². The predicted molar refractivity (Wildman–Crippen MR) is 84.5 cm³/mol. The number of hydrogen-bond acceptors (Lipinski definition) is 9. The number of carboxylic acids is 1. The molecule has 1 aromatic heterocycles. The van der Waals surface area contributed by atoms with Crippen molar-refractivity contribution >= 4 is 33.5 Å². The molecule has 0 amide bonds. The van der Waals surface area contributed by atoms with E-state index in [9.17, 15) is 18.3 Å². The van der Waals surface area contributed by atoms with Gasteiger partial charge in [0.05, 0.1) is 33.4 Å². The summed E-state index contributed by atoms with van der Waals surface area (Å²) in [5, 5.41) is 22.5. The number of sulfone groups is 1. The molecule has 0 aliphatic rings. The first-order chi connectivity index (χ1) is 11.8. The van der Waals surface area contributed by atoms with Crippen LogP contribution in [0.5, 0.6) is 0 Å². The van der Waals surface area contributed by atoms with Crippen molar-refractivity contribution in [2.75, 3.05) is 11.5 Å². The number of nitrogens with zero attached hydrogens (tertiary/aromatic N) is 1. The molecule has 0 aliphatic carbocycles. The number of rotatable bonds is 8. The maximum Gasteiger partial charge on any atom is 0.184 e. The highest BCUT2D eigenvalue weighted by molar-refractivity contribution is 7.95. The molecular formula is C14H14N2O7S2. The van der Waals surface area contributed by atoms with Gasteiger partial charge in [0.1, 0.15) is 5.75 Å². The Balaban J connectivity index is 2.16. The van der Waals surface area contributed by atoms with Gasteiger partial charge in [0.15, 0.2) is 28.8 Å². The van der Waals surface area contributed by atoms with E-state index < -0.39 is 15.8 Å². The lowest BCUT2D eigenvalue weighted by Crippen LogP contribution is -2.38. The average molecular weight is 386 g/mol. The van der Waals surface area contributed by atoms with Crippen LogP contribution in [-0.4, -0.2) is 25.4 Å². The minimum absolute atomic E-state index is 0.00222. The van der Waals surface area contributed by atoms with Crippen LogP contribution in [-0.2, 0) is 25.8 Å². The molecule has 9 nitrogen and oxygen atoms in total. The zero-order valence-electron chi connectivity index (χ0n) is 12.7. The van der Waals surface area contributed by atoms with E-state index >= 15 is 0 Å². The van der Waals surface area contributed by atoms with E-state index in [1.54, 1.807) is 6.20 Å². The second-order valence-corrected chi connectivity index (χ2v) is 7.71. The van der Waals surface area contributed by atoms with Gasteiger partial charge in [-0.25, -0.2) is 18.2 Å². The van der Waals surface area contributed by atoms with Crippen LogP contribution < -0.4 is 15.4 Å². The second-order valence-electron chi connectivity index (χ2n) is 4.86. The fourth-order valence-electron chi connectivity index (χ4n) is 1.96. The summed E-state index contributed by atoms with van der Waals surface area (Å²) < 4.78 is 30.6. The number of benzene rings is 1. The molecule has 11 heteroatoms. The van der Waals surface area contributed by atoms with Crippen LogP contribution in [0.1, 0.15) is 10.4 Å². The molecule has 25 heavy (non-hydrogen) atoms. The normalized spacial score (nSPS) is 11.4. The Morgan fingerprint density at radius 2 is 2.12 bits per heavy atom. The molecule has 0 unspecified atom stereocenters. The van der Waals surface area contributed by atoms with Gasteiger partial charge in [0.25, 0.3) is 0 Å². The minimum atomic E-state index is -3.67. The zero-order chi connectivity index (χ0) is 18.4. The summed E-state index contributed by atoms with van der Waals surface area (Å²) in [4.78, 5) is 11.1. The van der Waals surface area contributed by atoms with Crippen molar-refractivity contribution in [3.05, 3.63) is 48.3 Å². The number of aromatic nitrogens is 1. The monoisotopic (exact) mass is 386 g/mol. The lowest BCUT2D eigenvalue weighted by atomic mass is 10.3. The van der Waals surface area contributed by atoms with Gasteiger partial charge in [-0.15, -0.1) is 4.33 Å². The van der Waals surface area contributed by atoms with Gasteiger partial charge in [-0.1, -0.05) is 5.04 Å². The third-order valence-electron chi connectivity index (χ3n) is 3.21.